The summed E-state index contributed by atoms with van der Waals surface area (Å²) in [6, 6.07) is 0. The molecular formula is C11H9ClF5NO3. The van der Waals surface area contributed by atoms with E-state index in [9.17, 15) is 26.7 Å². The van der Waals surface area contributed by atoms with Crippen molar-refractivity contribution < 1.29 is 36.2 Å². The lowest BCUT2D eigenvalue weighted by Gasteiger charge is -2.17. The standard InChI is InChI=1S/C11H9ClF5NO3/c1-2-20-10(19)6-5(3-12)4-18-7(9(13)14)8(6)21-11(15,16)17/h4,9H,2-3H2,1H3. The van der Waals surface area contributed by atoms with E-state index in [2.05, 4.69) is 14.5 Å². The Kier molecular flexibility index (Phi) is 5.70. The van der Waals surface area contributed by atoms with Crippen molar-refractivity contribution in [3.8, 4) is 5.75 Å². The first-order valence-corrected chi connectivity index (χ1v) is 6.03. The Balaban J connectivity index is 3.52. The van der Waals surface area contributed by atoms with E-state index in [4.69, 9.17) is 11.6 Å². The van der Waals surface area contributed by atoms with Crippen molar-refractivity contribution in [3.05, 3.63) is 23.0 Å². The molecule has 0 aromatic carbocycles. The zero-order chi connectivity index (χ0) is 16.2. The second kappa shape index (κ2) is 6.88. The smallest absolute Gasteiger partial charge is 0.462 e. The predicted molar refractivity (Wildman–Crippen MR) is 61.4 cm³/mol. The second-order valence-corrected chi connectivity index (χ2v) is 3.84. The number of carbonyl (C=O) groups is 1. The highest BCUT2D eigenvalue weighted by molar-refractivity contribution is 6.17. The van der Waals surface area contributed by atoms with Gasteiger partial charge in [-0.2, -0.15) is 0 Å². The Morgan fingerprint density at radius 1 is 1.43 bits per heavy atom. The van der Waals surface area contributed by atoms with E-state index < -0.39 is 41.6 Å². The molecule has 0 saturated carbocycles. The first-order chi connectivity index (χ1) is 9.71. The van der Waals surface area contributed by atoms with E-state index in [0.29, 0.717) is 0 Å². The molecule has 118 valence electrons. The van der Waals surface area contributed by atoms with E-state index in [1.807, 2.05) is 0 Å². The molecule has 1 aromatic rings. The van der Waals surface area contributed by atoms with Crippen LogP contribution in [0.4, 0.5) is 22.0 Å². The van der Waals surface area contributed by atoms with Gasteiger partial charge in [0, 0.05) is 17.6 Å². The van der Waals surface area contributed by atoms with Crippen LogP contribution in [0.5, 0.6) is 5.75 Å². The summed E-state index contributed by atoms with van der Waals surface area (Å²) < 4.78 is 70.7. The Hall–Kier alpha value is -1.64. The Labute approximate surface area is 120 Å². The van der Waals surface area contributed by atoms with Crippen molar-refractivity contribution in [1.29, 1.82) is 0 Å². The molecular weight excluding hydrogens is 325 g/mol. The van der Waals surface area contributed by atoms with E-state index in [1.165, 1.54) is 6.92 Å². The minimum Gasteiger partial charge on any atom is -0.462 e. The lowest BCUT2D eigenvalue weighted by atomic mass is 10.1. The summed E-state index contributed by atoms with van der Waals surface area (Å²) in [6.45, 7) is 1.23. The normalized spacial score (nSPS) is 11.6. The molecule has 0 aliphatic rings. The molecule has 0 aliphatic heterocycles. The minimum absolute atomic E-state index is 0.168. The number of carbonyl (C=O) groups excluding carboxylic acids is 1. The number of halogens is 6. The van der Waals surface area contributed by atoms with Gasteiger partial charge in [0.15, 0.2) is 5.75 Å². The number of rotatable bonds is 5. The van der Waals surface area contributed by atoms with Gasteiger partial charge in [0.1, 0.15) is 11.3 Å². The van der Waals surface area contributed by atoms with Crippen LogP contribution in [0.15, 0.2) is 6.20 Å². The molecule has 0 amide bonds. The van der Waals surface area contributed by atoms with Crippen LogP contribution in [-0.4, -0.2) is 23.9 Å². The van der Waals surface area contributed by atoms with Gasteiger partial charge in [-0.15, -0.1) is 24.8 Å². The number of ether oxygens (including phenoxy) is 2. The fraction of sp³-hybridized carbons (Fsp3) is 0.455. The average Bonchev–Trinajstić information content (AvgIpc) is 2.35. The molecule has 1 heterocycles. The molecule has 0 atom stereocenters. The molecule has 0 radical (unpaired) electrons. The molecule has 4 nitrogen and oxygen atoms in total. The lowest BCUT2D eigenvalue weighted by Crippen LogP contribution is -2.22. The van der Waals surface area contributed by atoms with Gasteiger partial charge in [-0.25, -0.2) is 13.6 Å². The summed E-state index contributed by atoms with van der Waals surface area (Å²) in [5, 5.41) is 0. The topological polar surface area (TPSA) is 48.4 Å². The summed E-state index contributed by atoms with van der Waals surface area (Å²) in [7, 11) is 0. The molecule has 0 N–H and O–H groups in total. The summed E-state index contributed by atoms with van der Waals surface area (Å²) in [5.41, 5.74) is -2.34. The third-order valence-corrected chi connectivity index (χ3v) is 2.48. The molecule has 21 heavy (non-hydrogen) atoms. The first-order valence-electron chi connectivity index (χ1n) is 5.50. The van der Waals surface area contributed by atoms with E-state index in [-0.39, 0.29) is 12.2 Å². The van der Waals surface area contributed by atoms with E-state index >= 15 is 0 Å². The van der Waals surface area contributed by atoms with E-state index in [0.717, 1.165) is 6.20 Å². The van der Waals surface area contributed by atoms with Crippen molar-refractivity contribution in [2.24, 2.45) is 0 Å². The maximum Gasteiger partial charge on any atom is 0.573 e. The van der Waals surface area contributed by atoms with Gasteiger partial charge in [-0.3, -0.25) is 4.98 Å². The van der Waals surface area contributed by atoms with Crippen molar-refractivity contribution in [2.75, 3.05) is 6.61 Å². The lowest BCUT2D eigenvalue weighted by molar-refractivity contribution is -0.275. The van der Waals surface area contributed by atoms with Gasteiger partial charge >= 0.3 is 12.3 Å². The number of hydrogen-bond donors (Lipinski definition) is 0. The minimum atomic E-state index is -5.28. The monoisotopic (exact) mass is 333 g/mol. The molecule has 1 aromatic heterocycles. The van der Waals surface area contributed by atoms with Crippen LogP contribution >= 0.6 is 11.6 Å². The molecule has 0 bridgehead atoms. The van der Waals surface area contributed by atoms with E-state index in [1.54, 1.807) is 0 Å². The van der Waals surface area contributed by atoms with Gasteiger partial charge in [0.2, 0.25) is 0 Å². The third kappa shape index (κ3) is 4.42. The molecule has 0 spiro atoms. The highest BCUT2D eigenvalue weighted by Gasteiger charge is 2.37. The predicted octanol–water partition coefficient (Wildman–Crippen LogP) is 3.83. The zero-order valence-corrected chi connectivity index (χ0v) is 11.3. The van der Waals surface area contributed by atoms with Crippen molar-refractivity contribution in [2.45, 2.75) is 25.6 Å². The summed E-state index contributed by atoms with van der Waals surface area (Å²) in [6.07, 6.45) is -7.87. The zero-order valence-electron chi connectivity index (χ0n) is 10.5. The maximum atomic E-state index is 12.8. The number of esters is 1. The van der Waals surface area contributed by atoms with Crippen molar-refractivity contribution in [3.63, 3.8) is 0 Å². The SMILES string of the molecule is CCOC(=O)c1c(CCl)cnc(C(F)F)c1OC(F)(F)F. The first kappa shape index (κ1) is 17.4. The van der Waals surface area contributed by atoms with Crippen molar-refractivity contribution >= 4 is 17.6 Å². The third-order valence-electron chi connectivity index (χ3n) is 2.19. The number of alkyl halides is 6. The van der Waals surface area contributed by atoms with Gasteiger partial charge in [-0.1, -0.05) is 0 Å². The van der Waals surface area contributed by atoms with Gasteiger partial charge in [-0.05, 0) is 6.92 Å². The van der Waals surface area contributed by atoms with Crippen LogP contribution in [0.2, 0.25) is 0 Å². The molecule has 10 heteroatoms. The number of hydrogen-bond acceptors (Lipinski definition) is 4. The van der Waals surface area contributed by atoms with Crippen LogP contribution < -0.4 is 4.74 Å². The fourth-order valence-corrected chi connectivity index (χ4v) is 1.65. The molecule has 0 aliphatic carbocycles. The van der Waals surface area contributed by atoms with Gasteiger partial charge in [0.25, 0.3) is 6.43 Å². The van der Waals surface area contributed by atoms with Crippen LogP contribution in [-0.2, 0) is 10.6 Å². The Morgan fingerprint density at radius 3 is 2.48 bits per heavy atom. The molecule has 0 unspecified atom stereocenters. The largest absolute Gasteiger partial charge is 0.573 e. The molecule has 1 rings (SSSR count). The number of aromatic nitrogens is 1. The van der Waals surface area contributed by atoms with Crippen LogP contribution in [0.25, 0.3) is 0 Å². The summed E-state index contributed by atoms with van der Waals surface area (Å²) in [4.78, 5) is 14.9. The quantitative estimate of drug-likeness (QED) is 0.467. The highest BCUT2D eigenvalue weighted by Crippen LogP contribution is 2.36. The van der Waals surface area contributed by atoms with Crippen LogP contribution in [0.3, 0.4) is 0 Å². The number of nitrogens with zero attached hydrogens (tertiary/aromatic N) is 1. The molecule has 0 fully saturated rings. The fourth-order valence-electron chi connectivity index (χ4n) is 1.45. The Bertz CT molecular complexity index is 521. The highest BCUT2D eigenvalue weighted by atomic mass is 35.5. The molecule has 0 saturated heterocycles. The number of pyridine rings is 1. The summed E-state index contributed by atoms with van der Waals surface area (Å²) >= 11 is 5.48. The van der Waals surface area contributed by atoms with Gasteiger partial charge in [0.05, 0.1) is 6.61 Å². The maximum absolute atomic E-state index is 12.8. The van der Waals surface area contributed by atoms with Crippen LogP contribution in [0.1, 0.15) is 35.0 Å². The summed E-state index contributed by atoms with van der Waals surface area (Å²) in [5.74, 6) is -3.08. The van der Waals surface area contributed by atoms with Crippen LogP contribution in [0, 0.1) is 0 Å². The van der Waals surface area contributed by atoms with Gasteiger partial charge < -0.3 is 9.47 Å². The average molecular weight is 334 g/mol. The van der Waals surface area contributed by atoms with Crippen molar-refractivity contribution in [1.82, 2.24) is 4.98 Å². The Morgan fingerprint density at radius 2 is 2.05 bits per heavy atom. The second-order valence-electron chi connectivity index (χ2n) is 3.58.